The van der Waals surface area contributed by atoms with E-state index >= 15 is 0 Å². The lowest BCUT2D eigenvalue weighted by atomic mass is 10.2. The standard InChI is InChI=1S/C16H17N3OS/c1-9(2)14-8-21-16(19-14)15-17-10(3)12-6-5-11(20-4)7-13(12)18-15/h5-9H,1-4H3. The molecule has 3 rings (SSSR count). The summed E-state index contributed by atoms with van der Waals surface area (Å²) in [5.41, 5.74) is 2.93. The number of aromatic nitrogens is 3. The Morgan fingerprint density at radius 2 is 1.95 bits per heavy atom. The summed E-state index contributed by atoms with van der Waals surface area (Å²) < 4.78 is 5.27. The summed E-state index contributed by atoms with van der Waals surface area (Å²) in [6.45, 7) is 6.27. The van der Waals surface area contributed by atoms with Crippen LogP contribution >= 0.6 is 11.3 Å². The van der Waals surface area contributed by atoms with Gasteiger partial charge in [-0.3, -0.25) is 0 Å². The summed E-state index contributed by atoms with van der Waals surface area (Å²) >= 11 is 1.59. The smallest absolute Gasteiger partial charge is 0.189 e. The maximum absolute atomic E-state index is 5.27. The van der Waals surface area contributed by atoms with E-state index in [2.05, 4.69) is 34.2 Å². The molecule has 21 heavy (non-hydrogen) atoms. The maximum atomic E-state index is 5.27. The van der Waals surface area contributed by atoms with Gasteiger partial charge in [0.2, 0.25) is 0 Å². The molecule has 1 aromatic carbocycles. The number of ether oxygens (including phenoxy) is 1. The highest BCUT2D eigenvalue weighted by Crippen LogP contribution is 2.28. The van der Waals surface area contributed by atoms with Crippen LogP contribution in [0.15, 0.2) is 23.6 Å². The molecular weight excluding hydrogens is 282 g/mol. The summed E-state index contributed by atoms with van der Waals surface area (Å²) in [5, 5.41) is 3.99. The Hall–Kier alpha value is -2.01. The van der Waals surface area contributed by atoms with Gasteiger partial charge in [-0.1, -0.05) is 13.8 Å². The van der Waals surface area contributed by atoms with Crippen LogP contribution in [-0.2, 0) is 0 Å². The van der Waals surface area contributed by atoms with Crippen LogP contribution < -0.4 is 4.74 Å². The van der Waals surface area contributed by atoms with E-state index in [-0.39, 0.29) is 0 Å². The van der Waals surface area contributed by atoms with Crippen molar-refractivity contribution in [1.82, 2.24) is 15.0 Å². The topological polar surface area (TPSA) is 47.9 Å². The Labute approximate surface area is 127 Å². The Morgan fingerprint density at radius 3 is 2.62 bits per heavy atom. The van der Waals surface area contributed by atoms with Gasteiger partial charge in [-0.25, -0.2) is 15.0 Å². The van der Waals surface area contributed by atoms with Crippen LogP contribution in [0, 0.1) is 6.92 Å². The first-order valence-corrected chi connectivity index (χ1v) is 7.74. The molecule has 0 radical (unpaired) electrons. The van der Waals surface area contributed by atoms with Crippen molar-refractivity contribution in [2.24, 2.45) is 0 Å². The maximum Gasteiger partial charge on any atom is 0.189 e. The van der Waals surface area contributed by atoms with E-state index in [1.165, 1.54) is 0 Å². The molecule has 0 atom stereocenters. The number of thiazole rings is 1. The van der Waals surface area contributed by atoms with Crippen molar-refractivity contribution in [2.45, 2.75) is 26.7 Å². The highest BCUT2D eigenvalue weighted by Gasteiger charge is 2.12. The molecule has 5 heteroatoms. The van der Waals surface area contributed by atoms with Gasteiger partial charge in [-0.15, -0.1) is 11.3 Å². The van der Waals surface area contributed by atoms with E-state index in [4.69, 9.17) is 4.74 Å². The van der Waals surface area contributed by atoms with Crippen molar-refractivity contribution in [3.8, 4) is 16.6 Å². The molecule has 0 bridgehead atoms. The van der Waals surface area contributed by atoms with E-state index in [9.17, 15) is 0 Å². The Balaban J connectivity index is 2.13. The first-order chi connectivity index (χ1) is 10.1. The minimum Gasteiger partial charge on any atom is -0.497 e. The molecule has 108 valence electrons. The van der Waals surface area contributed by atoms with Gasteiger partial charge in [0, 0.05) is 22.5 Å². The molecule has 3 aromatic rings. The second-order valence-corrected chi connectivity index (χ2v) is 6.11. The second kappa shape index (κ2) is 5.41. The first-order valence-electron chi connectivity index (χ1n) is 6.86. The van der Waals surface area contributed by atoms with Crippen molar-refractivity contribution >= 4 is 22.2 Å². The van der Waals surface area contributed by atoms with Crippen molar-refractivity contribution in [1.29, 1.82) is 0 Å². The van der Waals surface area contributed by atoms with Crippen LogP contribution in [0.2, 0.25) is 0 Å². The zero-order chi connectivity index (χ0) is 15.0. The van der Waals surface area contributed by atoms with Gasteiger partial charge < -0.3 is 4.74 Å². The fourth-order valence-corrected chi connectivity index (χ4v) is 3.06. The summed E-state index contributed by atoms with van der Waals surface area (Å²) in [4.78, 5) is 13.9. The lowest BCUT2D eigenvalue weighted by molar-refractivity contribution is 0.415. The van der Waals surface area contributed by atoms with E-state index in [1.54, 1.807) is 18.4 Å². The zero-order valence-corrected chi connectivity index (χ0v) is 13.4. The van der Waals surface area contributed by atoms with Gasteiger partial charge in [0.25, 0.3) is 0 Å². The monoisotopic (exact) mass is 299 g/mol. The predicted octanol–water partition coefficient (Wildman–Crippen LogP) is 4.19. The predicted molar refractivity (Wildman–Crippen MR) is 86.0 cm³/mol. The molecule has 4 nitrogen and oxygen atoms in total. The van der Waals surface area contributed by atoms with E-state index in [1.807, 2.05) is 25.1 Å². The zero-order valence-electron chi connectivity index (χ0n) is 12.5. The summed E-state index contributed by atoms with van der Waals surface area (Å²) in [6, 6.07) is 5.86. The molecule has 0 fully saturated rings. The molecular formula is C16H17N3OS. The Bertz CT molecular complexity index is 795. The lowest BCUT2D eigenvalue weighted by Gasteiger charge is -2.06. The molecule has 0 unspecified atom stereocenters. The van der Waals surface area contributed by atoms with E-state index in [0.717, 1.165) is 33.0 Å². The molecule has 0 spiro atoms. The van der Waals surface area contributed by atoms with Crippen molar-refractivity contribution < 1.29 is 4.74 Å². The highest BCUT2D eigenvalue weighted by molar-refractivity contribution is 7.13. The lowest BCUT2D eigenvalue weighted by Crippen LogP contribution is -1.95. The molecule has 2 aromatic heterocycles. The normalized spacial score (nSPS) is 11.3. The van der Waals surface area contributed by atoms with Gasteiger partial charge in [0.1, 0.15) is 5.75 Å². The van der Waals surface area contributed by atoms with Crippen LogP contribution in [0.1, 0.15) is 31.2 Å². The average Bonchev–Trinajstić information content (AvgIpc) is 2.96. The molecule has 2 heterocycles. The van der Waals surface area contributed by atoms with Crippen LogP contribution in [0.25, 0.3) is 21.7 Å². The van der Waals surface area contributed by atoms with E-state index in [0.29, 0.717) is 11.7 Å². The molecule has 0 N–H and O–H groups in total. The number of nitrogens with zero attached hydrogens (tertiary/aromatic N) is 3. The number of fused-ring (bicyclic) bond motifs is 1. The summed E-state index contributed by atoms with van der Waals surface area (Å²) in [6.07, 6.45) is 0. The fraction of sp³-hybridized carbons (Fsp3) is 0.312. The number of hydrogen-bond acceptors (Lipinski definition) is 5. The SMILES string of the molecule is COc1ccc2c(C)nc(-c3nc(C(C)C)cs3)nc2c1. The number of rotatable bonds is 3. The van der Waals surface area contributed by atoms with Crippen LogP contribution in [0.3, 0.4) is 0 Å². The number of hydrogen-bond donors (Lipinski definition) is 0. The van der Waals surface area contributed by atoms with Crippen molar-refractivity contribution in [2.75, 3.05) is 7.11 Å². The van der Waals surface area contributed by atoms with Crippen molar-refractivity contribution in [3.05, 3.63) is 35.0 Å². The second-order valence-electron chi connectivity index (χ2n) is 5.25. The largest absolute Gasteiger partial charge is 0.497 e. The third-order valence-electron chi connectivity index (χ3n) is 3.40. The number of benzene rings is 1. The number of aryl methyl sites for hydroxylation is 1. The van der Waals surface area contributed by atoms with Gasteiger partial charge in [0.05, 0.1) is 18.3 Å². The Kier molecular flexibility index (Phi) is 3.59. The Morgan fingerprint density at radius 1 is 1.14 bits per heavy atom. The molecule has 0 amide bonds. The van der Waals surface area contributed by atoms with Gasteiger partial charge in [-0.2, -0.15) is 0 Å². The van der Waals surface area contributed by atoms with Crippen LogP contribution in [-0.4, -0.2) is 22.1 Å². The highest BCUT2D eigenvalue weighted by atomic mass is 32.1. The third kappa shape index (κ3) is 2.61. The molecule has 0 aliphatic rings. The van der Waals surface area contributed by atoms with Crippen LogP contribution in [0.4, 0.5) is 0 Å². The minimum atomic E-state index is 0.414. The van der Waals surface area contributed by atoms with Crippen molar-refractivity contribution in [3.63, 3.8) is 0 Å². The molecule has 0 aliphatic heterocycles. The molecule has 0 aliphatic carbocycles. The van der Waals surface area contributed by atoms with Gasteiger partial charge in [-0.05, 0) is 25.0 Å². The minimum absolute atomic E-state index is 0.414. The quantitative estimate of drug-likeness (QED) is 0.727. The molecule has 0 saturated heterocycles. The first kappa shape index (κ1) is 13.9. The van der Waals surface area contributed by atoms with Gasteiger partial charge in [0.15, 0.2) is 10.8 Å². The molecule has 0 saturated carbocycles. The number of methoxy groups -OCH3 is 1. The summed E-state index contributed by atoms with van der Waals surface area (Å²) in [7, 11) is 1.66. The summed E-state index contributed by atoms with van der Waals surface area (Å²) in [5.74, 6) is 1.90. The van der Waals surface area contributed by atoms with Crippen LogP contribution in [0.5, 0.6) is 5.75 Å². The average molecular weight is 299 g/mol. The van der Waals surface area contributed by atoms with Gasteiger partial charge >= 0.3 is 0 Å². The third-order valence-corrected chi connectivity index (χ3v) is 4.26. The fourth-order valence-electron chi connectivity index (χ4n) is 2.14. The van der Waals surface area contributed by atoms with E-state index < -0.39 is 0 Å².